The van der Waals surface area contributed by atoms with Gasteiger partial charge in [0.2, 0.25) is 0 Å². The number of halogens is 1. The first-order valence-electron chi connectivity index (χ1n) is 8.60. The lowest BCUT2D eigenvalue weighted by atomic mass is 9.83. The van der Waals surface area contributed by atoms with Gasteiger partial charge in [0.15, 0.2) is 12.2 Å². The molecule has 1 saturated carbocycles. The molecule has 1 aliphatic rings. The first kappa shape index (κ1) is 19.7. The van der Waals surface area contributed by atoms with E-state index in [1.54, 1.807) is 0 Å². The molecule has 140 valence electrons. The topological polar surface area (TPSA) is 88.4 Å². The van der Waals surface area contributed by atoms with Gasteiger partial charge in [0.1, 0.15) is 17.1 Å². The number of rotatable bonds is 6. The summed E-state index contributed by atoms with van der Waals surface area (Å²) >= 11 is 0. The van der Waals surface area contributed by atoms with Crippen molar-refractivity contribution in [2.75, 3.05) is 6.61 Å². The van der Waals surface area contributed by atoms with Crippen LogP contribution >= 0.6 is 0 Å². The number of ether oxygens (including phenoxy) is 2. The highest BCUT2D eigenvalue weighted by Crippen LogP contribution is 2.27. The summed E-state index contributed by atoms with van der Waals surface area (Å²) in [6, 6.07) is 7.41. The van der Waals surface area contributed by atoms with Crippen LogP contribution in [-0.4, -0.2) is 29.6 Å². The number of nitrogens with one attached hydrogen (secondary N) is 1. The fraction of sp³-hybridized carbons (Fsp3) is 0.526. The molecule has 0 atom stereocenters. The summed E-state index contributed by atoms with van der Waals surface area (Å²) in [6.45, 7) is 2.50. The van der Waals surface area contributed by atoms with Crippen LogP contribution in [0.15, 0.2) is 24.3 Å². The molecule has 26 heavy (non-hydrogen) atoms. The molecule has 1 fully saturated rings. The second kappa shape index (κ2) is 8.17. The van der Waals surface area contributed by atoms with Crippen molar-refractivity contribution in [3.05, 3.63) is 30.1 Å². The molecule has 6 nitrogen and oxygen atoms in total. The summed E-state index contributed by atoms with van der Waals surface area (Å²) in [5.41, 5.74) is -2.22. The van der Waals surface area contributed by atoms with Crippen molar-refractivity contribution < 1.29 is 23.5 Å². The molecule has 0 saturated heterocycles. The van der Waals surface area contributed by atoms with Gasteiger partial charge in [-0.3, -0.25) is 4.79 Å². The Labute approximate surface area is 152 Å². The van der Waals surface area contributed by atoms with Gasteiger partial charge in [-0.1, -0.05) is 19.3 Å². The van der Waals surface area contributed by atoms with Crippen LogP contribution in [0.5, 0.6) is 5.75 Å². The average Bonchev–Trinajstić information content (AvgIpc) is 2.62. The minimum absolute atomic E-state index is 0.309. The van der Waals surface area contributed by atoms with Gasteiger partial charge in [0, 0.05) is 0 Å². The second-order valence-corrected chi connectivity index (χ2v) is 6.95. The number of nitriles is 1. The first-order chi connectivity index (χ1) is 12.3. The Morgan fingerprint density at radius 1 is 1.23 bits per heavy atom. The lowest BCUT2D eigenvalue weighted by Crippen LogP contribution is -2.50. The zero-order valence-corrected chi connectivity index (χ0v) is 15.0. The molecule has 0 unspecified atom stereocenters. The fourth-order valence-corrected chi connectivity index (χ4v) is 2.87. The Morgan fingerprint density at radius 3 is 2.42 bits per heavy atom. The van der Waals surface area contributed by atoms with Gasteiger partial charge in [-0.05, 0) is 51.0 Å². The van der Waals surface area contributed by atoms with Crippen LogP contribution in [0.3, 0.4) is 0 Å². The van der Waals surface area contributed by atoms with Crippen LogP contribution in [0.2, 0.25) is 0 Å². The van der Waals surface area contributed by atoms with Gasteiger partial charge in [-0.25, -0.2) is 9.18 Å². The van der Waals surface area contributed by atoms with Crippen molar-refractivity contribution in [1.82, 2.24) is 5.32 Å². The van der Waals surface area contributed by atoms with E-state index in [4.69, 9.17) is 9.47 Å². The van der Waals surface area contributed by atoms with Crippen LogP contribution in [0.25, 0.3) is 0 Å². The van der Waals surface area contributed by atoms with E-state index in [1.165, 1.54) is 38.1 Å². The van der Waals surface area contributed by atoms with Crippen molar-refractivity contribution in [3.63, 3.8) is 0 Å². The van der Waals surface area contributed by atoms with E-state index in [1.807, 2.05) is 0 Å². The monoisotopic (exact) mass is 362 g/mol. The number of esters is 1. The molecular weight excluding hydrogens is 339 g/mol. The van der Waals surface area contributed by atoms with E-state index in [-0.39, 0.29) is 0 Å². The lowest BCUT2D eigenvalue weighted by Gasteiger charge is -2.31. The standard InChI is InChI=1S/C19H23FN2O4/c1-18(2,26-15-8-6-14(20)7-9-15)17(24)25-12-16(23)22-19(13-21)10-4-3-5-11-19/h6-9H,3-5,10-12H2,1-2H3,(H,22,23). The van der Waals surface area contributed by atoms with E-state index in [2.05, 4.69) is 11.4 Å². The Morgan fingerprint density at radius 2 is 1.85 bits per heavy atom. The predicted molar refractivity (Wildman–Crippen MR) is 91.6 cm³/mol. The number of carbonyl (C=O) groups is 2. The van der Waals surface area contributed by atoms with Crippen molar-refractivity contribution in [2.45, 2.75) is 57.1 Å². The van der Waals surface area contributed by atoms with E-state index < -0.39 is 35.4 Å². The van der Waals surface area contributed by atoms with Gasteiger partial charge in [-0.15, -0.1) is 0 Å². The minimum atomic E-state index is -1.35. The fourth-order valence-electron chi connectivity index (χ4n) is 2.87. The zero-order chi connectivity index (χ0) is 19.2. The summed E-state index contributed by atoms with van der Waals surface area (Å²) in [5, 5.41) is 12.0. The van der Waals surface area contributed by atoms with E-state index in [0.717, 1.165) is 19.3 Å². The van der Waals surface area contributed by atoms with Crippen LogP contribution in [-0.2, 0) is 14.3 Å². The van der Waals surface area contributed by atoms with Gasteiger partial charge < -0.3 is 14.8 Å². The lowest BCUT2D eigenvalue weighted by molar-refractivity contribution is -0.162. The highest BCUT2D eigenvalue weighted by atomic mass is 19.1. The summed E-state index contributed by atoms with van der Waals surface area (Å²) in [4.78, 5) is 24.3. The molecule has 0 radical (unpaired) electrons. The number of carbonyl (C=O) groups excluding carboxylic acids is 2. The normalized spacial score (nSPS) is 16.2. The second-order valence-electron chi connectivity index (χ2n) is 6.95. The molecule has 2 rings (SSSR count). The number of amides is 1. The van der Waals surface area contributed by atoms with Crippen molar-refractivity contribution >= 4 is 11.9 Å². The highest BCUT2D eigenvalue weighted by molar-refractivity contribution is 5.84. The van der Waals surface area contributed by atoms with E-state index in [9.17, 15) is 19.2 Å². The minimum Gasteiger partial charge on any atom is -0.476 e. The molecular formula is C19H23FN2O4. The Bertz CT molecular complexity index is 688. The van der Waals surface area contributed by atoms with E-state index in [0.29, 0.717) is 18.6 Å². The SMILES string of the molecule is CC(C)(Oc1ccc(F)cc1)C(=O)OCC(=O)NC1(C#N)CCCCC1. The molecule has 7 heteroatoms. The summed E-state index contributed by atoms with van der Waals surface area (Å²) in [6.07, 6.45) is 4.01. The summed E-state index contributed by atoms with van der Waals surface area (Å²) < 4.78 is 23.5. The summed E-state index contributed by atoms with van der Waals surface area (Å²) in [7, 11) is 0. The predicted octanol–water partition coefficient (Wildman–Crippen LogP) is 2.87. The largest absolute Gasteiger partial charge is 0.476 e. The number of hydrogen-bond acceptors (Lipinski definition) is 5. The molecule has 1 aromatic carbocycles. The van der Waals surface area contributed by atoms with Gasteiger partial charge >= 0.3 is 5.97 Å². The molecule has 0 aromatic heterocycles. The van der Waals surface area contributed by atoms with Gasteiger partial charge in [0.05, 0.1) is 6.07 Å². The van der Waals surface area contributed by atoms with Crippen LogP contribution in [0.1, 0.15) is 46.0 Å². The average molecular weight is 362 g/mol. The van der Waals surface area contributed by atoms with Crippen molar-refractivity contribution in [1.29, 1.82) is 5.26 Å². The number of hydrogen-bond donors (Lipinski definition) is 1. The quantitative estimate of drug-likeness (QED) is 0.786. The zero-order valence-electron chi connectivity index (χ0n) is 15.0. The molecule has 0 bridgehead atoms. The third kappa shape index (κ3) is 5.19. The Balaban J connectivity index is 1.87. The van der Waals surface area contributed by atoms with Gasteiger partial charge in [0.25, 0.3) is 5.91 Å². The van der Waals surface area contributed by atoms with Crippen molar-refractivity contribution in [3.8, 4) is 11.8 Å². The van der Waals surface area contributed by atoms with Crippen LogP contribution in [0, 0.1) is 17.1 Å². The van der Waals surface area contributed by atoms with Gasteiger partial charge in [-0.2, -0.15) is 5.26 Å². The van der Waals surface area contributed by atoms with Crippen LogP contribution in [0.4, 0.5) is 4.39 Å². The Kier molecular flexibility index (Phi) is 6.19. The molecule has 0 heterocycles. The molecule has 0 aliphatic heterocycles. The maximum atomic E-state index is 12.9. The molecule has 1 N–H and O–H groups in total. The first-order valence-corrected chi connectivity index (χ1v) is 8.60. The summed E-state index contributed by atoms with van der Waals surface area (Å²) in [5.74, 6) is -1.35. The van der Waals surface area contributed by atoms with Crippen molar-refractivity contribution in [2.24, 2.45) is 0 Å². The maximum Gasteiger partial charge on any atom is 0.350 e. The smallest absolute Gasteiger partial charge is 0.350 e. The molecule has 0 spiro atoms. The Hall–Kier alpha value is -2.62. The molecule has 1 amide bonds. The maximum absolute atomic E-state index is 12.9. The van der Waals surface area contributed by atoms with Crippen LogP contribution < -0.4 is 10.1 Å². The number of nitrogens with zero attached hydrogens (tertiary/aromatic N) is 1. The number of benzene rings is 1. The third-order valence-electron chi connectivity index (χ3n) is 4.31. The molecule has 1 aromatic rings. The third-order valence-corrected chi connectivity index (χ3v) is 4.31. The molecule has 1 aliphatic carbocycles. The van der Waals surface area contributed by atoms with E-state index >= 15 is 0 Å². The highest BCUT2D eigenvalue weighted by Gasteiger charge is 2.35.